The average molecular weight is 340 g/mol. The lowest BCUT2D eigenvalue weighted by molar-refractivity contribution is -0.127. The van der Waals surface area contributed by atoms with Crippen LogP contribution in [0.4, 0.5) is 10.5 Å². The molecule has 2 aromatic rings. The second-order valence-electron chi connectivity index (χ2n) is 5.54. The van der Waals surface area contributed by atoms with Crippen molar-refractivity contribution >= 4 is 29.2 Å². The van der Waals surface area contributed by atoms with Crippen LogP contribution in [0.5, 0.6) is 0 Å². The Morgan fingerprint density at radius 1 is 1.08 bits per heavy atom. The first-order valence-corrected chi connectivity index (χ1v) is 7.78. The predicted molar refractivity (Wildman–Crippen MR) is 90.5 cm³/mol. The van der Waals surface area contributed by atoms with E-state index in [4.69, 9.17) is 16.9 Å². The number of anilines is 1. The van der Waals surface area contributed by atoms with Crippen LogP contribution in [0.1, 0.15) is 18.1 Å². The Labute approximate surface area is 144 Å². The van der Waals surface area contributed by atoms with E-state index in [1.54, 1.807) is 55.5 Å². The molecule has 1 aliphatic rings. The molecule has 0 aliphatic carbocycles. The van der Waals surface area contributed by atoms with Crippen LogP contribution >= 0.6 is 11.6 Å². The minimum atomic E-state index is -0.572. The molecule has 120 valence electrons. The molecule has 1 heterocycles. The van der Waals surface area contributed by atoms with Crippen LogP contribution in [0.3, 0.4) is 0 Å². The van der Waals surface area contributed by atoms with Crippen molar-refractivity contribution in [3.05, 3.63) is 64.7 Å². The largest absolute Gasteiger partial charge is 0.332 e. The topological polar surface area (TPSA) is 64.4 Å². The van der Waals surface area contributed by atoms with E-state index < -0.39 is 6.04 Å². The molecular formula is C18H14ClN3O2. The first-order chi connectivity index (χ1) is 11.5. The van der Waals surface area contributed by atoms with Gasteiger partial charge in [0.1, 0.15) is 6.04 Å². The highest BCUT2D eigenvalue weighted by molar-refractivity contribution is 6.30. The number of carbonyl (C=O) groups excluding carboxylic acids is 2. The number of nitriles is 1. The molecule has 0 N–H and O–H groups in total. The van der Waals surface area contributed by atoms with E-state index in [1.165, 1.54) is 9.80 Å². The molecule has 5 nitrogen and oxygen atoms in total. The van der Waals surface area contributed by atoms with E-state index in [0.717, 1.165) is 5.56 Å². The van der Waals surface area contributed by atoms with E-state index >= 15 is 0 Å². The summed E-state index contributed by atoms with van der Waals surface area (Å²) in [6, 6.07) is 14.7. The summed E-state index contributed by atoms with van der Waals surface area (Å²) < 4.78 is 0. The van der Waals surface area contributed by atoms with Gasteiger partial charge in [0, 0.05) is 10.7 Å². The van der Waals surface area contributed by atoms with Crippen LogP contribution < -0.4 is 4.90 Å². The van der Waals surface area contributed by atoms with Crippen molar-refractivity contribution in [3.8, 4) is 6.07 Å². The summed E-state index contributed by atoms with van der Waals surface area (Å²) in [4.78, 5) is 27.8. The molecular weight excluding hydrogens is 326 g/mol. The number of halogens is 1. The van der Waals surface area contributed by atoms with Crippen LogP contribution in [-0.2, 0) is 11.3 Å². The molecule has 0 radical (unpaired) electrons. The van der Waals surface area contributed by atoms with Crippen molar-refractivity contribution in [3.63, 3.8) is 0 Å². The normalized spacial score (nSPS) is 17.3. The van der Waals surface area contributed by atoms with Gasteiger partial charge in [0.2, 0.25) is 0 Å². The van der Waals surface area contributed by atoms with Gasteiger partial charge in [-0.2, -0.15) is 5.26 Å². The lowest BCUT2D eigenvalue weighted by atomic mass is 10.1. The van der Waals surface area contributed by atoms with E-state index in [0.29, 0.717) is 16.3 Å². The maximum atomic E-state index is 12.7. The predicted octanol–water partition coefficient (Wildman–Crippen LogP) is 3.57. The molecule has 6 heteroatoms. The summed E-state index contributed by atoms with van der Waals surface area (Å²) in [6.45, 7) is 1.88. The Kier molecular flexibility index (Phi) is 4.24. The molecule has 0 bridgehead atoms. The third-order valence-corrected chi connectivity index (χ3v) is 4.23. The van der Waals surface area contributed by atoms with Gasteiger partial charge in [0.25, 0.3) is 5.91 Å². The maximum Gasteiger partial charge on any atom is 0.332 e. The highest BCUT2D eigenvalue weighted by Crippen LogP contribution is 2.28. The van der Waals surface area contributed by atoms with Crippen molar-refractivity contribution in [2.75, 3.05) is 4.90 Å². The van der Waals surface area contributed by atoms with Gasteiger partial charge in [-0.25, -0.2) is 4.79 Å². The molecule has 0 aromatic heterocycles. The third kappa shape index (κ3) is 2.84. The lowest BCUT2D eigenvalue weighted by Gasteiger charge is -2.19. The zero-order valence-electron chi connectivity index (χ0n) is 12.9. The molecule has 24 heavy (non-hydrogen) atoms. The smallest absolute Gasteiger partial charge is 0.282 e. The van der Waals surface area contributed by atoms with Crippen LogP contribution in [0.25, 0.3) is 0 Å². The van der Waals surface area contributed by atoms with E-state index in [-0.39, 0.29) is 18.5 Å². The van der Waals surface area contributed by atoms with Crippen LogP contribution in [0.15, 0.2) is 48.5 Å². The first kappa shape index (κ1) is 16.0. The summed E-state index contributed by atoms with van der Waals surface area (Å²) in [5.74, 6) is -0.251. The van der Waals surface area contributed by atoms with Gasteiger partial charge >= 0.3 is 6.03 Å². The maximum absolute atomic E-state index is 12.7. The Morgan fingerprint density at radius 2 is 1.71 bits per heavy atom. The Balaban J connectivity index is 1.84. The van der Waals surface area contributed by atoms with E-state index in [1.807, 2.05) is 6.07 Å². The number of urea groups is 1. The highest BCUT2D eigenvalue weighted by atomic mass is 35.5. The number of nitrogens with zero attached hydrogens (tertiary/aromatic N) is 3. The number of amides is 3. The van der Waals surface area contributed by atoms with Gasteiger partial charge in [0.15, 0.2) is 0 Å². The van der Waals surface area contributed by atoms with Crippen LogP contribution in [0, 0.1) is 11.3 Å². The third-order valence-electron chi connectivity index (χ3n) is 3.98. The van der Waals surface area contributed by atoms with Crippen molar-refractivity contribution in [1.82, 2.24) is 4.90 Å². The fourth-order valence-electron chi connectivity index (χ4n) is 2.67. The summed E-state index contributed by atoms with van der Waals surface area (Å²) in [7, 11) is 0. The second kappa shape index (κ2) is 6.34. The average Bonchev–Trinajstić information content (AvgIpc) is 2.80. The molecule has 1 saturated heterocycles. The van der Waals surface area contributed by atoms with Crippen molar-refractivity contribution in [1.29, 1.82) is 5.26 Å². The molecule has 1 atom stereocenters. The fourth-order valence-corrected chi connectivity index (χ4v) is 2.80. The van der Waals surface area contributed by atoms with Gasteiger partial charge in [-0.1, -0.05) is 23.7 Å². The Hall–Kier alpha value is -2.84. The molecule has 1 unspecified atom stereocenters. The highest BCUT2D eigenvalue weighted by Gasteiger charge is 2.43. The number of benzene rings is 2. The van der Waals surface area contributed by atoms with Crippen LogP contribution in [0.2, 0.25) is 5.02 Å². The van der Waals surface area contributed by atoms with Crippen molar-refractivity contribution < 1.29 is 9.59 Å². The number of hydrogen-bond acceptors (Lipinski definition) is 3. The van der Waals surface area contributed by atoms with Gasteiger partial charge in [-0.05, 0) is 48.9 Å². The van der Waals surface area contributed by atoms with Gasteiger partial charge in [-0.15, -0.1) is 0 Å². The van der Waals surface area contributed by atoms with Crippen molar-refractivity contribution in [2.24, 2.45) is 0 Å². The Morgan fingerprint density at radius 3 is 2.29 bits per heavy atom. The zero-order chi connectivity index (χ0) is 17.3. The van der Waals surface area contributed by atoms with Gasteiger partial charge in [0.05, 0.1) is 18.2 Å². The first-order valence-electron chi connectivity index (χ1n) is 7.40. The SMILES string of the molecule is CC1C(=O)N(Cc2ccc(C#N)cc2)C(=O)N1c1ccc(Cl)cc1. The number of carbonyl (C=O) groups is 2. The quantitative estimate of drug-likeness (QED) is 0.803. The van der Waals surface area contributed by atoms with E-state index in [2.05, 4.69) is 0 Å². The number of imide groups is 1. The molecule has 3 amide bonds. The fraction of sp³-hybridized carbons (Fsp3) is 0.167. The summed E-state index contributed by atoms with van der Waals surface area (Å²) in [5.41, 5.74) is 1.96. The molecule has 0 spiro atoms. The van der Waals surface area contributed by atoms with Gasteiger partial charge < -0.3 is 0 Å². The summed E-state index contributed by atoms with van der Waals surface area (Å²) in [5, 5.41) is 9.40. The van der Waals surface area contributed by atoms with E-state index in [9.17, 15) is 9.59 Å². The summed E-state index contributed by atoms with van der Waals surface area (Å²) >= 11 is 5.88. The second-order valence-corrected chi connectivity index (χ2v) is 5.97. The van der Waals surface area contributed by atoms with Gasteiger partial charge in [-0.3, -0.25) is 14.6 Å². The lowest BCUT2D eigenvalue weighted by Crippen LogP contribution is -2.33. The molecule has 1 fully saturated rings. The monoisotopic (exact) mass is 339 g/mol. The zero-order valence-corrected chi connectivity index (χ0v) is 13.7. The minimum Gasteiger partial charge on any atom is -0.282 e. The molecule has 3 rings (SSSR count). The molecule has 0 saturated carbocycles. The summed E-state index contributed by atoms with van der Waals surface area (Å²) in [6.07, 6.45) is 0. The number of hydrogen-bond donors (Lipinski definition) is 0. The number of rotatable bonds is 3. The molecule has 1 aliphatic heterocycles. The minimum absolute atomic E-state index is 0.178. The van der Waals surface area contributed by atoms with Crippen LogP contribution in [-0.4, -0.2) is 22.9 Å². The van der Waals surface area contributed by atoms with Crippen molar-refractivity contribution in [2.45, 2.75) is 19.5 Å². The molecule has 2 aromatic carbocycles. The standard InChI is InChI=1S/C18H14ClN3O2/c1-12-17(23)21(11-14-4-2-13(10-20)3-5-14)18(24)22(12)16-8-6-15(19)7-9-16/h2-9,12H,11H2,1H3. The Bertz CT molecular complexity index is 825.